The molecule has 4 N–H and O–H groups in total. The Bertz CT molecular complexity index is 3720. The molecule has 24 heteroatoms. The van der Waals surface area contributed by atoms with Crippen molar-refractivity contribution in [2.24, 2.45) is 10.8 Å². The highest BCUT2D eigenvalue weighted by Crippen LogP contribution is 2.55. The molecule has 3 aliphatic carbocycles. The highest BCUT2D eigenvalue weighted by molar-refractivity contribution is 7.16. The van der Waals surface area contributed by atoms with E-state index in [4.69, 9.17) is 40.0 Å². The average molecular weight is 1200 g/mol. The molecule has 1 aromatic carbocycles. The van der Waals surface area contributed by atoms with Gasteiger partial charge in [0.05, 0.1) is 64.7 Å². The Morgan fingerprint density at radius 1 is 1.02 bits per heavy atom. The molecule has 0 bridgehead atoms. The number of thiophene rings is 1. The van der Waals surface area contributed by atoms with E-state index in [1.807, 2.05) is 70.6 Å². The van der Waals surface area contributed by atoms with Crippen LogP contribution in [0, 0.1) is 29.1 Å². The molecule has 7 aromatic rings. The van der Waals surface area contributed by atoms with Gasteiger partial charge >= 0.3 is 0 Å². The van der Waals surface area contributed by atoms with Crippen molar-refractivity contribution in [3.63, 3.8) is 0 Å². The van der Waals surface area contributed by atoms with Gasteiger partial charge in [-0.3, -0.25) is 14.4 Å². The number of piperidine rings is 1. The van der Waals surface area contributed by atoms with Crippen LogP contribution in [-0.2, 0) is 32.6 Å². The molecule has 3 saturated heterocycles. The standard InChI is InChI=1S/C62H73N15O7S2/c1-36(38-10-12-40(13-11-38)52-37(2)65-35-85-52)66-57(79)46-28-41(78)31-75(46)59(81)53(60(3,4)5)77-32-45(69-72-77)39-14-21-73(22-15-39)33-61(19-20-61)34-83-49-29-48(76-23-16-44(70-76)58(80)74-24-26-82-27-25-74)67-56(68-49)51-42-8-6-17-62(54(42)84-71-51)18-7-9-47-50(62)43(30-63)55(64)86-47/h10-13,16,23,29,32,35-36,39,41,46,53,78H,6-9,14-15,17-22,24-28,31,33-34,64H2,1-5H3,(H,66,79)/t36-,41+,46-,53+,62-/m0/s1. The topological polar surface area (TPSA) is 275 Å². The van der Waals surface area contributed by atoms with Gasteiger partial charge < -0.3 is 44.9 Å². The molecule has 450 valence electrons. The van der Waals surface area contributed by atoms with E-state index in [0.29, 0.717) is 78.8 Å². The van der Waals surface area contributed by atoms with Crippen LogP contribution in [-0.4, -0.2) is 154 Å². The van der Waals surface area contributed by atoms with E-state index in [0.717, 1.165) is 127 Å². The van der Waals surface area contributed by atoms with Crippen LogP contribution in [0.2, 0.25) is 0 Å². The van der Waals surface area contributed by atoms with Crippen molar-refractivity contribution < 1.29 is 33.5 Å². The van der Waals surface area contributed by atoms with Crippen molar-refractivity contribution in [3.05, 3.63) is 104 Å². The number of β-amino-alcohol motifs (C(OH)–C–C–N with tert-alkyl or cyclic N) is 1. The normalized spacial score (nSPS) is 22.1. The van der Waals surface area contributed by atoms with Crippen LogP contribution >= 0.6 is 22.7 Å². The summed E-state index contributed by atoms with van der Waals surface area (Å²) < 4.78 is 21.9. The number of nitriles is 1. The van der Waals surface area contributed by atoms with Crippen LogP contribution in [0.25, 0.3) is 27.8 Å². The second-order valence-corrected chi connectivity index (χ2v) is 27.6. The van der Waals surface area contributed by atoms with Crippen LogP contribution in [0.4, 0.5) is 5.00 Å². The number of nitrogens with one attached hydrogen (secondary N) is 1. The largest absolute Gasteiger partial charge is 0.477 e. The van der Waals surface area contributed by atoms with Crippen LogP contribution in [0.1, 0.15) is 158 Å². The van der Waals surface area contributed by atoms with Gasteiger partial charge in [0, 0.05) is 72.8 Å². The Balaban J connectivity index is 0.679. The zero-order chi connectivity index (χ0) is 59.6. The number of nitrogen functional groups attached to an aromatic ring is 1. The van der Waals surface area contributed by atoms with Gasteiger partial charge in [0.15, 0.2) is 28.8 Å². The fourth-order valence-corrected chi connectivity index (χ4v) is 15.8. The fourth-order valence-electron chi connectivity index (χ4n) is 13.9. The van der Waals surface area contributed by atoms with Crippen LogP contribution in [0.5, 0.6) is 5.88 Å². The zero-order valence-corrected chi connectivity index (χ0v) is 51.0. The van der Waals surface area contributed by atoms with Gasteiger partial charge in [-0.25, -0.2) is 19.3 Å². The van der Waals surface area contributed by atoms with Gasteiger partial charge in [-0.15, -0.1) is 27.8 Å². The summed E-state index contributed by atoms with van der Waals surface area (Å²) in [6.45, 7) is 14.8. The Morgan fingerprint density at radius 3 is 2.51 bits per heavy atom. The number of aliphatic hydroxyl groups excluding tert-OH is 1. The second kappa shape index (κ2) is 23.0. The lowest BCUT2D eigenvalue weighted by Gasteiger charge is -2.39. The van der Waals surface area contributed by atoms with Gasteiger partial charge in [0.1, 0.15) is 23.2 Å². The van der Waals surface area contributed by atoms with Crippen LogP contribution in [0.3, 0.4) is 0 Å². The first-order valence-electron chi connectivity index (χ1n) is 30.2. The number of thiazole rings is 1. The fraction of sp³-hybridized carbons (Fsp3) is 0.532. The summed E-state index contributed by atoms with van der Waals surface area (Å²) in [5.41, 5.74) is 14.1. The Morgan fingerprint density at radius 2 is 1.79 bits per heavy atom. The van der Waals surface area contributed by atoms with Gasteiger partial charge in [-0.05, 0) is 119 Å². The minimum Gasteiger partial charge on any atom is -0.477 e. The third-order valence-electron chi connectivity index (χ3n) is 18.6. The lowest BCUT2D eigenvalue weighted by Crippen LogP contribution is -2.50. The molecular formula is C62H73N15O7S2. The molecule has 4 fully saturated rings. The highest BCUT2D eigenvalue weighted by atomic mass is 32.1. The van der Waals surface area contributed by atoms with Crippen LogP contribution in [0.15, 0.2) is 58.8 Å². The molecule has 5 atom stereocenters. The molecule has 22 nitrogen and oxygen atoms in total. The third-order valence-corrected chi connectivity index (χ3v) is 20.7. The first-order chi connectivity index (χ1) is 41.5. The van der Waals surface area contributed by atoms with Crippen molar-refractivity contribution in [1.29, 1.82) is 5.26 Å². The molecule has 3 aliphatic heterocycles. The molecule has 86 heavy (non-hydrogen) atoms. The minimum atomic E-state index is -0.848. The number of hydrogen-bond donors (Lipinski definition) is 3. The number of nitrogens with two attached hydrogens (primary N) is 1. The predicted molar refractivity (Wildman–Crippen MR) is 321 cm³/mol. The Labute approximate surface area is 507 Å². The zero-order valence-electron chi connectivity index (χ0n) is 49.3. The molecule has 3 amide bonds. The molecule has 13 rings (SSSR count). The van der Waals surface area contributed by atoms with Crippen molar-refractivity contribution in [3.8, 4) is 39.7 Å². The number of aryl methyl sites for hydroxylation is 2. The van der Waals surface area contributed by atoms with Crippen molar-refractivity contribution in [2.75, 3.05) is 64.8 Å². The van der Waals surface area contributed by atoms with E-state index in [-0.39, 0.29) is 48.1 Å². The SMILES string of the molecule is Cc1ncsc1-c1ccc([C@H](C)NC(=O)[C@@H]2C[C@@H](O)CN2C(=O)[C@@H](n2cc(C3CCN(CC4(COc5cc(-n6ccc(C(=O)N7CCOCC7)n6)nc(-c6noc7c6CCC[C@@]76CCCc7sc(N)c(C#N)c76)n5)CC4)CC3)nn2)C(C)(C)C)cc1. The van der Waals surface area contributed by atoms with Crippen molar-refractivity contribution in [1.82, 2.24) is 64.9 Å². The molecule has 0 unspecified atom stereocenters. The number of benzene rings is 1. The highest BCUT2D eigenvalue weighted by Gasteiger charge is 2.50. The Kier molecular flexibility index (Phi) is 15.4. The molecule has 1 saturated carbocycles. The third kappa shape index (κ3) is 11.0. The maximum atomic E-state index is 14.8. The first kappa shape index (κ1) is 57.6. The lowest BCUT2D eigenvalue weighted by molar-refractivity contribution is -0.144. The van der Waals surface area contributed by atoms with E-state index in [1.165, 1.54) is 16.2 Å². The predicted octanol–water partition coefficient (Wildman–Crippen LogP) is 7.75. The maximum Gasteiger partial charge on any atom is 0.274 e. The summed E-state index contributed by atoms with van der Waals surface area (Å²) in [6, 6.07) is 12.0. The van der Waals surface area contributed by atoms with E-state index in [2.05, 4.69) is 31.6 Å². The summed E-state index contributed by atoms with van der Waals surface area (Å²) in [7, 11) is 0. The van der Waals surface area contributed by atoms with Gasteiger partial charge in [0.25, 0.3) is 5.91 Å². The van der Waals surface area contributed by atoms with Crippen LogP contribution < -0.4 is 15.8 Å². The summed E-state index contributed by atoms with van der Waals surface area (Å²) in [4.78, 5) is 64.8. The number of hydrogen-bond acceptors (Lipinski definition) is 19. The second-order valence-electron chi connectivity index (χ2n) is 25.6. The summed E-state index contributed by atoms with van der Waals surface area (Å²) >= 11 is 3.10. The number of aliphatic hydroxyl groups is 1. The average Bonchev–Trinajstić information content (AvgIpc) is 1.57. The number of morpholine rings is 1. The molecule has 0 radical (unpaired) electrons. The number of likely N-dealkylation sites (tertiary alicyclic amines) is 2. The van der Waals surface area contributed by atoms with E-state index in [9.17, 15) is 24.8 Å². The van der Waals surface area contributed by atoms with Gasteiger partial charge in [-0.1, -0.05) is 55.4 Å². The monoisotopic (exact) mass is 1200 g/mol. The van der Waals surface area contributed by atoms with Crippen molar-refractivity contribution >= 4 is 45.4 Å². The number of fused-ring (bicyclic) bond motifs is 4. The lowest BCUT2D eigenvalue weighted by atomic mass is 9.63. The molecule has 9 heterocycles. The van der Waals surface area contributed by atoms with Crippen molar-refractivity contribution in [2.45, 2.75) is 141 Å². The smallest absolute Gasteiger partial charge is 0.274 e. The number of amides is 3. The number of carbonyl (C=O) groups excluding carboxylic acids is 3. The summed E-state index contributed by atoms with van der Waals surface area (Å²) in [5, 5.41) is 43.7. The molecular weight excluding hydrogens is 1130 g/mol. The number of anilines is 1. The minimum absolute atomic E-state index is 0.0465. The Hall–Kier alpha value is -7.43. The van der Waals surface area contributed by atoms with Gasteiger partial charge in [0.2, 0.25) is 17.7 Å². The van der Waals surface area contributed by atoms with E-state index >= 15 is 0 Å². The molecule has 6 aliphatic rings. The number of nitrogens with zero attached hydrogens (tertiary/aromatic N) is 13. The quantitative estimate of drug-likeness (QED) is 0.0885. The number of aromatic nitrogens is 9. The number of ether oxygens (including phenoxy) is 2. The molecule has 6 aromatic heterocycles. The maximum absolute atomic E-state index is 14.8. The molecule has 1 spiro atoms. The van der Waals surface area contributed by atoms with Gasteiger partial charge in [-0.2, -0.15) is 15.3 Å². The summed E-state index contributed by atoms with van der Waals surface area (Å²) in [6.07, 6.45) is 11.6. The first-order valence-corrected chi connectivity index (χ1v) is 31.9. The number of rotatable bonds is 15. The number of carbonyl (C=O) groups is 3. The summed E-state index contributed by atoms with van der Waals surface area (Å²) in [5.74, 6) is 1.22. The van der Waals surface area contributed by atoms with E-state index < -0.39 is 29.0 Å². The van der Waals surface area contributed by atoms with E-state index in [1.54, 1.807) is 43.9 Å².